The van der Waals surface area contributed by atoms with Gasteiger partial charge in [0, 0.05) is 24.1 Å². The quantitative estimate of drug-likeness (QED) is 0.303. The van der Waals surface area contributed by atoms with Crippen LogP contribution in [0.5, 0.6) is 0 Å². The highest BCUT2D eigenvalue weighted by Gasteiger charge is 2.19. The van der Waals surface area contributed by atoms with E-state index in [9.17, 15) is 0 Å². The van der Waals surface area contributed by atoms with E-state index in [0.717, 1.165) is 37.3 Å². The molecule has 1 N–H and O–H groups in total. The van der Waals surface area contributed by atoms with Gasteiger partial charge in [-0.25, -0.2) is 0 Å². The minimum absolute atomic E-state index is 0.503. The first-order chi connectivity index (χ1) is 10.7. The fourth-order valence-electron chi connectivity index (χ4n) is 2.62. The molecule has 0 radical (unpaired) electrons. The summed E-state index contributed by atoms with van der Waals surface area (Å²) in [5.41, 5.74) is 0. The molecule has 5 heteroatoms. The lowest BCUT2D eigenvalue weighted by atomic mass is 10.0. The molecule has 1 saturated heterocycles. The van der Waals surface area contributed by atoms with Crippen molar-refractivity contribution in [2.24, 2.45) is 5.92 Å². The summed E-state index contributed by atoms with van der Waals surface area (Å²) in [5, 5.41) is 3.38. The second-order valence-electron chi connectivity index (χ2n) is 6.19. The van der Waals surface area contributed by atoms with E-state index in [1.165, 1.54) is 37.9 Å². The maximum Gasteiger partial charge on any atom is 0.179 e. The number of rotatable bonds is 13. The summed E-state index contributed by atoms with van der Waals surface area (Å²) in [6, 6.07) is 0.503. The number of unbranched alkanes of at least 4 members (excludes halogenated alkanes) is 1. The molecule has 0 aromatic heterocycles. The van der Waals surface area contributed by atoms with Crippen molar-refractivity contribution in [1.82, 2.24) is 10.2 Å². The van der Waals surface area contributed by atoms with E-state index in [1.807, 2.05) is 21.6 Å². The molecule has 0 aliphatic carbocycles. The highest BCUT2D eigenvalue weighted by atomic mass is 33.1. The molecular formula is C17H34N2OS2. The summed E-state index contributed by atoms with van der Waals surface area (Å²) in [6.45, 7) is 11.5. The van der Waals surface area contributed by atoms with Crippen molar-refractivity contribution in [1.29, 1.82) is 0 Å². The smallest absolute Gasteiger partial charge is 0.179 e. The summed E-state index contributed by atoms with van der Waals surface area (Å²) >= 11 is 0. The largest absolute Gasteiger partial charge is 0.479 e. The van der Waals surface area contributed by atoms with Gasteiger partial charge in [0.15, 0.2) is 5.88 Å². The fourth-order valence-corrected chi connectivity index (χ4v) is 5.01. The number of likely N-dealkylation sites (N-methyl/N-ethyl adjacent to an activating group) is 1. The summed E-state index contributed by atoms with van der Waals surface area (Å²) in [6.07, 6.45) is 6.55. The van der Waals surface area contributed by atoms with Gasteiger partial charge >= 0.3 is 0 Å². The average Bonchev–Trinajstić information content (AvgIpc) is 2.90. The van der Waals surface area contributed by atoms with Gasteiger partial charge in [-0.3, -0.25) is 0 Å². The van der Waals surface area contributed by atoms with Crippen LogP contribution in [-0.4, -0.2) is 49.2 Å². The van der Waals surface area contributed by atoms with Crippen LogP contribution in [0.3, 0.4) is 0 Å². The van der Waals surface area contributed by atoms with Crippen LogP contribution < -0.4 is 5.32 Å². The molecule has 1 rings (SSSR count). The Morgan fingerprint density at radius 1 is 1.41 bits per heavy atom. The molecule has 130 valence electrons. The maximum atomic E-state index is 5.68. The first kappa shape index (κ1) is 20.0. The normalized spacial score (nSPS) is 20.0. The van der Waals surface area contributed by atoms with Crippen molar-refractivity contribution in [3.05, 3.63) is 12.5 Å². The van der Waals surface area contributed by atoms with Crippen molar-refractivity contribution >= 4 is 21.6 Å². The Kier molecular flexibility index (Phi) is 11.3. The van der Waals surface area contributed by atoms with Crippen LogP contribution in [0.4, 0.5) is 0 Å². The van der Waals surface area contributed by atoms with Gasteiger partial charge in [-0.2, -0.15) is 0 Å². The maximum absolute atomic E-state index is 5.68. The number of hydrogen-bond donors (Lipinski definition) is 1. The predicted octanol–water partition coefficient (Wildman–Crippen LogP) is 4.37. The van der Waals surface area contributed by atoms with E-state index in [-0.39, 0.29) is 0 Å². The molecule has 22 heavy (non-hydrogen) atoms. The lowest BCUT2D eigenvalue weighted by Crippen LogP contribution is -2.31. The highest BCUT2D eigenvalue weighted by Crippen LogP contribution is 2.27. The van der Waals surface area contributed by atoms with Gasteiger partial charge in [-0.05, 0) is 38.9 Å². The number of ether oxygens (including phenoxy) is 1. The second kappa shape index (κ2) is 12.4. The van der Waals surface area contributed by atoms with E-state index in [1.54, 1.807) is 0 Å². The molecule has 0 saturated carbocycles. The Bertz CT molecular complexity index is 302. The first-order valence-electron chi connectivity index (χ1n) is 8.66. The summed E-state index contributed by atoms with van der Waals surface area (Å²) < 4.78 is 5.68. The number of likely N-dealkylation sites (tertiary alicyclic amines) is 1. The van der Waals surface area contributed by atoms with Crippen molar-refractivity contribution in [2.75, 3.05) is 38.2 Å². The standard InChI is InChI=1S/C17H34N2OS2/c1-5-7-8-16(6-2)14-22-21-12-11-20-15(3)18-17-9-10-19(4)13-17/h16-18H,3,5-14H2,1-2,4H3/t16-,17+/m0/s1. The minimum atomic E-state index is 0.503. The Morgan fingerprint density at radius 2 is 2.23 bits per heavy atom. The molecule has 1 aliphatic rings. The second-order valence-corrected chi connectivity index (χ2v) is 8.81. The zero-order valence-corrected chi connectivity index (χ0v) is 16.2. The molecule has 1 aliphatic heterocycles. The summed E-state index contributed by atoms with van der Waals surface area (Å²) in [5.74, 6) is 3.92. The van der Waals surface area contributed by atoms with Gasteiger partial charge in [0.1, 0.15) is 0 Å². The van der Waals surface area contributed by atoms with Gasteiger partial charge in [0.05, 0.1) is 6.61 Å². The molecule has 0 aromatic rings. The van der Waals surface area contributed by atoms with Gasteiger partial charge in [0.25, 0.3) is 0 Å². The van der Waals surface area contributed by atoms with E-state index in [2.05, 4.69) is 37.7 Å². The molecule has 3 nitrogen and oxygen atoms in total. The number of hydrogen-bond acceptors (Lipinski definition) is 5. The van der Waals surface area contributed by atoms with Crippen LogP contribution in [0.15, 0.2) is 12.5 Å². The molecular weight excluding hydrogens is 312 g/mol. The third-order valence-corrected chi connectivity index (χ3v) is 6.65. The monoisotopic (exact) mass is 346 g/mol. The molecule has 0 aromatic carbocycles. The van der Waals surface area contributed by atoms with E-state index in [0.29, 0.717) is 6.04 Å². The number of nitrogens with zero attached hydrogens (tertiary/aromatic N) is 1. The summed E-state index contributed by atoms with van der Waals surface area (Å²) in [7, 11) is 6.09. The molecule has 0 spiro atoms. The van der Waals surface area contributed by atoms with Gasteiger partial charge in [0.2, 0.25) is 0 Å². The average molecular weight is 347 g/mol. The third kappa shape index (κ3) is 9.21. The highest BCUT2D eigenvalue weighted by molar-refractivity contribution is 8.76. The van der Waals surface area contributed by atoms with Crippen molar-refractivity contribution in [2.45, 2.75) is 52.0 Å². The lowest BCUT2D eigenvalue weighted by Gasteiger charge is -2.17. The van der Waals surface area contributed by atoms with Crippen LogP contribution in [0.25, 0.3) is 0 Å². The Labute approximate surface area is 145 Å². The lowest BCUT2D eigenvalue weighted by molar-refractivity contribution is 0.202. The topological polar surface area (TPSA) is 24.5 Å². The SMILES string of the molecule is C=C(N[C@@H]1CCN(C)C1)OCCSSC[C@@H](CC)CCCC. The van der Waals surface area contributed by atoms with E-state index >= 15 is 0 Å². The molecule has 0 bridgehead atoms. The molecule has 0 amide bonds. The van der Waals surface area contributed by atoms with Crippen LogP contribution in [0.2, 0.25) is 0 Å². The first-order valence-corrected chi connectivity index (χ1v) is 11.2. The van der Waals surface area contributed by atoms with Gasteiger partial charge < -0.3 is 15.0 Å². The van der Waals surface area contributed by atoms with Crippen LogP contribution in [-0.2, 0) is 4.74 Å². The van der Waals surface area contributed by atoms with Crippen LogP contribution in [0.1, 0.15) is 46.0 Å². The zero-order valence-electron chi connectivity index (χ0n) is 14.6. The minimum Gasteiger partial charge on any atom is -0.479 e. The number of nitrogens with one attached hydrogen (secondary N) is 1. The zero-order chi connectivity index (χ0) is 16.2. The van der Waals surface area contributed by atoms with Gasteiger partial charge in [-0.15, -0.1) is 0 Å². The van der Waals surface area contributed by atoms with Crippen molar-refractivity contribution < 1.29 is 4.74 Å². The third-order valence-electron chi connectivity index (χ3n) is 4.13. The predicted molar refractivity (Wildman–Crippen MR) is 102 cm³/mol. The van der Waals surface area contributed by atoms with E-state index < -0.39 is 0 Å². The molecule has 1 heterocycles. The summed E-state index contributed by atoms with van der Waals surface area (Å²) in [4.78, 5) is 2.33. The molecule has 2 atom stereocenters. The van der Waals surface area contributed by atoms with E-state index in [4.69, 9.17) is 4.74 Å². The molecule has 0 unspecified atom stereocenters. The molecule has 1 fully saturated rings. The van der Waals surface area contributed by atoms with Crippen molar-refractivity contribution in [3.8, 4) is 0 Å². The Morgan fingerprint density at radius 3 is 2.86 bits per heavy atom. The Hall–Kier alpha value is 0. The van der Waals surface area contributed by atoms with Crippen LogP contribution >= 0.6 is 21.6 Å². The van der Waals surface area contributed by atoms with Gasteiger partial charge in [-0.1, -0.05) is 54.7 Å². The van der Waals surface area contributed by atoms with Crippen molar-refractivity contribution in [3.63, 3.8) is 0 Å². The Balaban J connectivity index is 1.95. The fraction of sp³-hybridized carbons (Fsp3) is 0.882. The van der Waals surface area contributed by atoms with Crippen LogP contribution in [0, 0.1) is 5.92 Å².